The first kappa shape index (κ1) is 11.8. The van der Waals surface area contributed by atoms with Crippen LogP contribution in [0, 0.1) is 0 Å². The van der Waals surface area contributed by atoms with Gasteiger partial charge in [-0.3, -0.25) is 4.79 Å². The standard InChI is InChI=1S/C13H17NO3/c1-3-13(15)14-9(2)6-10-4-5-11-12(7-10)17-8-16-11/h4-5,7,9H,3,6,8H2,1-2H3,(H,14,15). The molecule has 4 nitrogen and oxygen atoms in total. The van der Waals surface area contributed by atoms with E-state index in [9.17, 15) is 4.79 Å². The van der Waals surface area contributed by atoms with Crippen LogP contribution in [0.4, 0.5) is 0 Å². The molecule has 0 spiro atoms. The van der Waals surface area contributed by atoms with E-state index in [1.165, 1.54) is 0 Å². The van der Waals surface area contributed by atoms with Crippen LogP contribution in [0.2, 0.25) is 0 Å². The summed E-state index contributed by atoms with van der Waals surface area (Å²) in [5.41, 5.74) is 1.14. The lowest BCUT2D eigenvalue weighted by Crippen LogP contribution is -2.33. The van der Waals surface area contributed by atoms with Crippen LogP contribution >= 0.6 is 0 Å². The van der Waals surface area contributed by atoms with Crippen LogP contribution in [0.1, 0.15) is 25.8 Å². The molecule has 17 heavy (non-hydrogen) atoms. The Kier molecular flexibility index (Phi) is 3.52. The van der Waals surface area contributed by atoms with Crippen LogP contribution in [-0.4, -0.2) is 18.7 Å². The predicted octanol–water partition coefficient (Wildman–Crippen LogP) is 1.87. The van der Waals surface area contributed by atoms with Crippen molar-refractivity contribution in [2.45, 2.75) is 32.7 Å². The number of carbonyl (C=O) groups excluding carboxylic acids is 1. The lowest BCUT2D eigenvalue weighted by atomic mass is 10.1. The van der Waals surface area contributed by atoms with Crippen molar-refractivity contribution < 1.29 is 14.3 Å². The van der Waals surface area contributed by atoms with Gasteiger partial charge in [-0.1, -0.05) is 13.0 Å². The topological polar surface area (TPSA) is 47.6 Å². The fourth-order valence-corrected chi connectivity index (χ4v) is 1.85. The monoisotopic (exact) mass is 235 g/mol. The number of ether oxygens (including phenoxy) is 2. The number of hydrogen-bond donors (Lipinski definition) is 1. The van der Waals surface area contributed by atoms with Crippen LogP contribution in [-0.2, 0) is 11.2 Å². The zero-order valence-corrected chi connectivity index (χ0v) is 10.2. The van der Waals surface area contributed by atoms with E-state index < -0.39 is 0 Å². The Hall–Kier alpha value is -1.71. The minimum Gasteiger partial charge on any atom is -0.454 e. The highest BCUT2D eigenvalue weighted by molar-refractivity contribution is 5.75. The van der Waals surface area contributed by atoms with Crippen molar-refractivity contribution in [2.24, 2.45) is 0 Å². The van der Waals surface area contributed by atoms with Gasteiger partial charge in [0.05, 0.1) is 0 Å². The van der Waals surface area contributed by atoms with E-state index in [1.54, 1.807) is 0 Å². The lowest BCUT2D eigenvalue weighted by molar-refractivity contribution is -0.121. The van der Waals surface area contributed by atoms with E-state index in [2.05, 4.69) is 5.32 Å². The molecule has 1 unspecified atom stereocenters. The molecule has 1 heterocycles. The number of nitrogens with one attached hydrogen (secondary N) is 1. The van der Waals surface area contributed by atoms with E-state index in [-0.39, 0.29) is 11.9 Å². The van der Waals surface area contributed by atoms with Crippen LogP contribution in [0.3, 0.4) is 0 Å². The molecule has 1 amide bonds. The highest BCUT2D eigenvalue weighted by Crippen LogP contribution is 2.32. The summed E-state index contributed by atoms with van der Waals surface area (Å²) in [5, 5.41) is 2.93. The van der Waals surface area contributed by atoms with Crippen molar-refractivity contribution in [1.29, 1.82) is 0 Å². The first-order valence-corrected chi connectivity index (χ1v) is 5.87. The van der Waals surface area contributed by atoms with Gasteiger partial charge < -0.3 is 14.8 Å². The minimum absolute atomic E-state index is 0.0817. The Morgan fingerprint density at radius 3 is 2.94 bits per heavy atom. The Bertz CT molecular complexity index is 417. The molecule has 1 aromatic carbocycles. The Labute approximate surface area is 101 Å². The molecular weight excluding hydrogens is 218 g/mol. The van der Waals surface area contributed by atoms with E-state index in [1.807, 2.05) is 32.0 Å². The maximum absolute atomic E-state index is 11.2. The van der Waals surface area contributed by atoms with Gasteiger partial charge in [-0.25, -0.2) is 0 Å². The SMILES string of the molecule is CCC(=O)NC(C)Cc1ccc2c(c1)OCO2. The van der Waals surface area contributed by atoms with Crippen molar-refractivity contribution >= 4 is 5.91 Å². The largest absolute Gasteiger partial charge is 0.454 e. The van der Waals surface area contributed by atoms with Crippen LogP contribution in [0.5, 0.6) is 11.5 Å². The third-order valence-corrected chi connectivity index (χ3v) is 2.71. The third-order valence-electron chi connectivity index (χ3n) is 2.71. The van der Waals surface area contributed by atoms with Crippen LogP contribution in [0.25, 0.3) is 0 Å². The molecule has 0 saturated heterocycles. The first-order valence-electron chi connectivity index (χ1n) is 5.87. The van der Waals surface area contributed by atoms with Gasteiger partial charge in [0, 0.05) is 12.5 Å². The molecule has 0 aromatic heterocycles. The fourth-order valence-electron chi connectivity index (χ4n) is 1.85. The number of fused-ring (bicyclic) bond motifs is 1. The molecular formula is C13H17NO3. The van der Waals surface area contributed by atoms with E-state index >= 15 is 0 Å². The van der Waals surface area contributed by atoms with Gasteiger partial charge >= 0.3 is 0 Å². The summed E-state index contributed by atoms with van der Waals surface area (Å²) in [6, 6.07) is 6.01. The second-order valence-corrected chi connectivity index (χ2v) is 4.21. The van der Waals surface area contributed by atoms with E-state index in [4.69, 9.17) is 9.47 Å². The van der Waals surface area contributed by atoms with Gasteiger partial charge in [-0.2, -0.15) is 0 Å². The number of benzene rings is 1. The summed E-state index contributed by atoms with van der Waals surface area (Å²) in [6.45, 7) is 4.14. The van der Waals surface area contributed by atoms with Crippen molar-refractivity contribution in [3.8, 4) is 11.5 Å². The third kappa shape index (κ3) is 2.90. The Morgan fingerprint density at radius 2 is 2.18 bits per heavy atom. The van der Waals surface area contributed by atoms with Gasteiger partial charge in [0.1, 0.15) is 0 Å². The molecule has 92 valence electrons. The maximum Gasteiger partial charge on any atom is 0.231 e. The summed E-state index contributed by atoms with van der Waals surface area (Å²) in [7, 11) is 0. The number of rotatable bonds is 4. The van der Waals surface area contributed by atoms with E-state index in [0.717, 1.165) is 23.5 Å². The number of hydrogen-bond acceptors (Lipinski definition) is 3. The zero-order valence-electron chi connectivity index (χ0n) is 10.2. The van der Waals surface area contributed by atoms with Crippen LogP contribution < -0.4 is 14.8 Å². The van der Waals surface area contributed by atoms with Gasteiger partial charge in [-0.05, 0) is 31.0 Å². The second kappa shape index (κ2) is 5.08. The number of amides is 1. The lowest BCUT2D eigenvalue weighted by Gasteiger charge is -2.13. The van der Waals surface area contributed by atoms with Gasteiger partial charge in [0.2, 0.25) is 12.7 Å². The summed E-state index contributed by atoms with van der Waals surface area (Å²) < 4.78 is 10.6. The molecule has 1 atom stereocenters. The average Bonchev–Trinajstić information content (AvgIpc) is 2.75. The Morgan fingerprint density at radius 1 is 1.41 bits per heavy atom. The summed E-state index contributed by atoms with van der Waals surface area (Å²) in [4.78, 5) is 11.2. The molecule has 0 fully saturated rings. The average molecular weight is 235 g/mol. The highest BCUT2D eigenvalue weighted by atomic mass is 16.7. The molecule has 1 aliphatic rings. The fraction of sp³-hybridized carbons (Fsp3) is 0.462. The molecule has 1 aliphatic heterocycles. The summed E-state index contributed by atoms with van der Waals surface area (Å²) >= 11 is 0. The van der Waals surface area contributed by atoms with Gasteiger partial charge in [-0.15, -0.1) is 0 Å². The molecule has 1 N–H and O–H groups in total. The first-order chi connectivity index (χ1) is 8.19. The number of carbonyl (C=O) groups is 1. The molecule has 0 aliphatic carbocycles. The van der Waals surface area contributed by atoms with Crippen molar-refractivity contribution in [3.05, 3.63) is 23.8 Å². The smallest absolute Gasteiger partial charge is 0.231 e. The zero-order chi connectivity index (χ0) is 12.3. The molecule has 2 rings (SSSR count). The highest BCUT2D eigenvalue weighted by Gasteiger charge is 2.14. The van der Waals surface area contributed by atoms with Gasteiger partial charge in [0.25, 0.3) is 0 Å². The maximum atomic E-state index is 11.2. The predicted molar refractivity (Wildman–Crippen MR) is 64.2 cm³/mol. The molecule has 0 radical (unpaired) electrons. The molecule has 1 aromatic rings. The molecule has 4 heteroatoms. The van der Waals surface area contributed by atoms with Gasteiger partial charge in [0.15, 0.2) is 11.5 Å². The van der Waals surface area contributed by atoms with Crippen molar-refractivity contribution in [1.82, 2.24) is 5.32 Å². The van der Waals surface area contributed by atoms with Crippen LogP contribution in [0.15, 0.2) is 18.2 Å². The normalized spacial score (nSPS) is 14.5. The summed E-state index contributed by atoms with van der Waals surface area (Å²) in [5.74, 6) is 1.66. The van der Waals surface area contributed by atoms with Crippen molar-refractivity contribution in [2.75, 3.05) is 6.79 Å². The molecule has 0 bridgehead atoms. The minimum atomic E-state index is 0.0817. The van der Waals surface area contributed by atoms with Crippen molar-refractivity contribution in [3.63, 3.8) is 0 Å². The van der Waals surface area contributed by atoms with E-state index in [0.29, 0.717) is 13.2 Å². The quantitative estimate of drug-likeness (QED) is 0.866. The summed E-state index contributed by atoms with van der Waals surface area (Å²) in [6.07, 6.45) is 1.31. The second-order valence-electron chi connectivity index (χ2n) is 4.21. The Balaban J connectivity index is 1.97. The molecule has 0 saturated carbocycles.